The number of carbonyl (C=O) groups is 4. The van der Waals surface area contributed by atoms with Gasteiger partial charge in [0.15, 0.2) is 0 Å². The maximum absolute atomic E-state index is 12.7. The Labute approximate surface area is 165 Å². The Morgan fingerprint density at radius 1 is 1.07 bits per heavy atom. The SMILES string of the molecule is O=C(O)/C=C/C(=O)Nc1cccc(S[C@H]2CC(=O)N(c3ccccc3)C2=O)c1. The molecule has 8 heteroatoms. The molecule has 3 rings (SSSR count). The lowest BCUT2D eigenvalue weighted by molar-refractivity contribution is -0.131. The molecule has 1 saturated heterocycles. The summed E-state index contributed by atoms with van der Waals surface area (Å²) in [6.45, 7) is 0. The van der Waals surface area contributed by atoms with Crippen LogP contribution in [0.25, 0.3) is 0 Å². The van der Waals surface area contributed by atoms with Gasteiger partial charge >= 0.3 is 5.97 Å². The van der Waals surface area contributed by atoms with Gasteiger partial charge < -0.3 is 10.4 Å². The first kappa shape index (κ1) is 19.4. The summed E-state index contributed by atoms with van der Waals surface area (Å²) in [4.78, 5) is 49.0. The zero-order valence-corrected chi connectivity index (χ0v) is 15.4. The van der Waals surface area contributed by atoms with Gasteiger partial charge in [-0.3, -0.25) is 14.4 Å². The number of benzene rings is 2. The first-order valence-electron chi connectivity index (χ1n) is 8.34. The van der Waals surface area contributed by atoms with E-state index in [4.69, 9.17) is 5.11 Å². The number of nitrogens with one attached hydrogen (secondary N) is 1. The van der Waals surface area contributed by atoms with Crippen LogP contribution >= 0.6 is 11.8 Å². The summed E-state index contributed by atoms with van der Waals surface area (Å²) in [5.41, 5.74) is 1.01. The van der Waals surface area contributed by atoms with Gasteiger partial charge in [0.2, 0.25) is 17.7 Å². The summed E-state index contributed by atoms with van der Waals surface area (Å²) in [5.74, 6) is -2.32. The lowest BCUT2D eigenvalue weighted by atomic mass is 10.3. The highest BCUT2D eigenvalue weighted by atomic mass is 32.2. The van der Waals surface area contributed by atoms with Crippen LogP contribution in [-0.2, 0) is 19.2 Å². The van der Waals surface area contributed by atoms with Gasteiger partial charge in [0.1, 0.15) is 0 Å². The lowest BCUT2D eigenvalue weighted by Crippen LogP contribution is -2.30. The number of nitrogens with zero attached hydrogens (tertiary/aromatic N) is 1. The number of rotatable bonds is 6. The molecule has 1 atom stereocenters. The van der Waals surface area contributed by atoms with Gasteiger partial charge in [-0.25, -0.2) is 9.69 Å². The summed E-state index contributed by atoms with van der Waals surface area (Å²) >= 11 is 1.25. The number of thioether (sulfide) groups is 1. The van der Waals surface area contributed by atoms with Crippen LogP contribution in [0.15, 0.2) is 71.6 Å². The third-order valence-electron chi connectivity index (χ3n) is 3.88. The van der Waals surface area contributed by atoms with Crippen LogP contribution in [0.3, 0.4) is 0 Å². The van der Waals surface area contributed by atoms with Gasteiger partial charge in [-0.15, -0.1) is 11.8 Å². The van der Waals surface area contributed by atoms with Crippen LogP contribution in [-0.4, -0.2) is 34.0 Å². The number of imide groups is 1. The van der Waals surface area contributed by atoms with Gasteiger partial charge in [-0.2, -0.15) is 0 Å². The highest BCUT2D eigenvalue weighted by Crippen LogP contribution is 2.34. The predicted molar refractivity (Wildman–Crippen MR) is 105 cm³/mol. The minimum absolute atomic E-state index is 0.0936. The maximum Gasteiger partial charge on any atom is 0.328 e. The molecule has 142 valence electrons. The molecule has 28 heavy (non-hydrogen) atoms. The topological polar surface area (TPSA) is 104 Å². The summed E-state index contributed by atoms with van der Waals surface area (Å²) in [5, 5.41) is 10.6. The number of hydrogen-bond donors (Lipinski definition) is 2. The second-order valence-electron chi connectivity index (χ2n) is 5.90. The van der Waals surface area contributed by atoms with Crippen LogP contribution in [0.4, 0.5) is 11.4 Å². The molecule has 2 N–H and O–H groups in total. The molecule has 1 heterocycles. The van der Waals surface area contributed by atoms with Crippen LogP contribution in [0.2, 0.25) is 0 Å². The Balaban J connectivity index is 1.69. The van der Waals surface area contributed by atoms with Crippen LogP contribution in [0, 0.1) is 0 Å². The molecule has 0 aliphatic carbocycles. The summed E-state index contributed by atoms with van der Waals surface area (Å²) < 4.78 is 0. The van der Waals surface area contributed by atoms with Crippen molar-refractivity contribution in [3.63, 3.8) is 0 Å². The highest BCUT2D eigenvalue weighted by molar-refractivity contribution is 8.00. The quantitative estimate of drug-likeness (QED) is 0.575. The summed E-state index contributed by atoms with van der Waals surface area (Å²) in [6, 6.07) is 15.6. The van der Waals surface area contributed by atoms with Crippen molar-refractivity contribution >= 4 is 46.8 Å². The average Bonchev–Trinajstić information content (AvgIpc) is 2.94. The number of aliphatic carboxylic acids is 1. The Kier molecular flexibility index (Phi) is 5.90. The first-order chi connectivity index (χ1) is 13.4. The van der Waals surface area contributed by atoms with Crippen molar-refractivity contribution < 1.29 is 24.3 Å². The van der Waals surface area contributed by atoms with E-state index >= 15 is 0 Å². The van der Waals surface area contributed by atoms with Crippen molar-refractivity contribution in [1.82, 2.24) is 0 Å². The number of carbonyl (C=O) groups excluding carboxylic acids is 3. The molecule has 0 unspecified atom stereocenters. The van der Waals surface area contributed by atoms with E-state index in [-0.39, 0.29) is 18.2 Å². The highest BCUT2D eigenvalue weighted by Gasteiger charge is 2.40. The fourth-order valence-corrected chi connectivity index (χ4v) is 3.80. The standard InChI is InChI=1S/C20H16N2O5S/c23-17(9-10-19(25)26)21-13-5-4-8-15(11-13)28-16-12-18(24)22(20(16)27)14-6-2-1-3-7-14/h1-11,16H,12H2,(H,21,23)(H,25,26)/b10-9+/t16-/m0/s1. The second-order valence-corrected chi connectivity index (χ2v) is 7.18. The molecule has 1 aliphatic heterocycles. The molecule has 0 spiro atoms. The van der Waals surface area contributed by atoms with Gasteiger partial charge in [0, 0.05) is 29.2 Å². The first-order valence-corrected chi connectivity index (χ1v) is 9.22. The van der Waals surface area contributed by atoms with E-state index in [2.05, 4.69) is 5.32 Å². The molecule has 2 aromatic rings. The largest absolute Gasteiger partial charge is 0.478 e. The molecule has 1 fully saturated rings. The second kappa shape index (κ2) is 8.53. The average molecular weight is 396 g/mol. The summed E-state index contributed by atoms with van der Waals surface area (Å²) in [7, 11) is 0. The third-order valence-corrected chi connectivity index (χ3v) is 5.06. The number of amides is 3. The van der Waals surface area contributed by atoms with Crippen LogP contribution < -0.4 is 10.2 Å². The van der Waals surface area contributed by atoms with Crippen molar-refractivity contribution in [2.75, 3.05) is 10.2 Å². The Bertz CT molecular complexity index is 958. The predicted octanol–water partition coefficient (Wildman–Crippen LogP) is 2.69. The zero-order chi connectivity index (χ0) is 20.1. The van der Waals surface area contributed by atoms with Crippen molar-refractivity contribution in [2.45, 2.75) is 16.6 Å². The molecular formula is C20H16N2O5S. The molecular weight excluding hydrogens is 380 g/mol. The minimum atomic E-state index is -1.22. The number of carboxylic acids is 1. The Morgan fingerprint density at radius 2 is 1.82 bits per heavy atom. The monoisotopic (exact) mass is 396 g/mol. The van der Waals surface area contributed by atoms with E-state index < -0.39 is 17.1 Å². The molecule has 0 radical (unpaired) electrons. The van der Waals surface area contributed by atoms with Crippen molar-refractivity contribution in [1.29, 1.82) is 0 Å². The lowest BCUT2D eigenvalue weighted by Gasteiger charge is -2.14. The Hall–Kier alpha value is -3.39. The fourth-order valence-electron chi connectivity index (χ4n) is 2.69. The van der Waals surface area contributed by atoms with Crippen molar-refractivity contribution in [3.05, 3.63) is 66.7 Å². The maximum atomic E-state index is 12.7. The van der Waals surface area contributed by atoms with E-state index in [0.29, 0.717) is 16.3 Å². The molecule has 0 aromatic heterocycles. The Morgan fingerprint density at radius 3 is 2.54 bits per heavy atom. The molecule has 1 aliphatic rings. The van der Waals surface area contributed by atoms with E-state index in [9.17, 15) is 19.2 Å². The van der Waals surface area contributed by atoms with E-state index in [0.717, 1.165) is 12.2 Å². The van der Waals surface area contributed by atoms with Gasteiger partial charge in [0.05, 0.1) is 10.9 Å². The third kappa shape index (κ3) is 4.66. The minimum Gasteiger partial charge on any atom is -0.478 e. The van der Waals surface area contributed by atoms with Gasteiger partial charge in [0.25, 0.3) is 0 Å². The van der Waals surface area contributed by atoms with Crippen LogP contribution in [0.1, 0.15) is 6.42 Å². The molecule has 0 saturated carbocycles. The molecule has 2 aromatic carbocycles. The van der Waals surface area contributed by atoms with Gasteiger partial charge in [-0.05, 0) is 30.3 Å². The summed E-state index contributed by atoms with van der Waals surface area (Å²) in [6.07, 6.45) is 1.75. The zero-order valence-electron chi connectivity index (χ0n) is 14.6. The fraction of sp³-hybridized carbons (Fsp3) is 0.100. The number of anilines is 2. The van der Waals surface area contributed by atoms with Crippen molar-refractivity contribution in [2.24, 2.45) is 0 Å². The number of para-hydroxylation sites is 1. The number of hydrogen-bond acceptors (Lipinski definition) is 5. The van der Waals surface area contributed by atoms with E-state index in [1.807, 2.05) is 6.07 Å². The number of carboxylic acid groups (broad SMARTS) is 1. The van der Waals surface area contributed by atoms with E-state index in [1.165, 1.54) is 16.7 Å². The smallest absolute Gasteiger partial charge is 0.328 e. The molecule has 3 amide bonds. The van der Waals surface area contributed by atoms with Crippen molar-refractivity contribution in [3.8, 4) is 0 Å². The van der Waals surface area contributed by atoms with Crippen LogP contribution in [0.5, 0.6) is 0 Å². The van der Waals surface area contributed by atoms with Gasteiger partial charge in [-0.1, -0.05) is 24.3 Å². The van der Waals surface area contributed by atoms with E-state index in [1.54, 1.807) is 48.5 Å². The molecule has 7 nitrogen and oxygen atoms in total. The molecule has 0 bridgehead atoms. The normalized spacial score (nSPS) is 16.6.